The molecule has 0 N–H and O–H groups in total. The second-order valence-electron chi connectivity index (χ2n) is 6.28. The highest BCUT2D eigenvalue weighted by Gasteiger charge is 2.14. The van der Waals surface area contributed by atoms with E-state index in [0.717, 1.165) is 6.42 Å². The first kappa shape index (κ1) is 11.6. The zero-order chi connectivity index (χ0) is 15.0. The summed E-state index contributed by atoms with van der Waals surface area (Å²) in [6.45, 7) is 0. The molecular weight excluding hydrogens is 280 g/mol. The van der Waals surface area contributed by atoms with Gasteiger partial charge in [0.25, 0.3) is 0 Å². The third-order valence-electron chi connectivity index (χ3n) is 5.08. The minimum Gasteiger partial charge on any atom is -0.312 e. The van der Waals surface area contributed by atoms with E-state index in [-0.39, 0.29) is 0 Å². The van der Waals surface area contributed by atoms with E-state index in [1.165, 1.54) is 43.3 Å². The first-order valence-electron chi connectivity index (χ1n) is 8.04. The summed E-state index contributed by atoms with van der Waals surface area (Å²) >= 11 is 0. The van der Waals surface area contributed by atoms with E-state index >= 15 is 0 Å². The summed E-state index contributed by atoms with van der Waals surface area (Å²) < 4.78 is 4.76. The Bertz CT molecular complexity index is 1270. The minimum absolute atomic E-state index is 1.01. The molecule has 5 aromatic rings. The molecule has 3 aromatic heterocycles. The average molecular weight is 294 g/mol. The van der Waals surface area contributed by atoms with Crippen LogP contribution in [0.5, 0.6) is 0 Å². The topological polar surface area (TPSA) is 8.82 Å². The molecule has 23 heavy (non-hydrogen) atoms. The molecule has 0 radical (unpaired) electrons. The van der Waals surface area contributed by atoms with Crippen LogP contribution in [0.15, 0.2) is 60.9 Å². The number of nitrogens with zero attached hydrogens (tertiary/aromatic N) is 2. The predicted octanol–water partition coefficient (Wildman–Crippen LogP) is 3.46. The molecule has 3 heterocycles. The monoisotopic (exact) mass is 294 g/mol. The van der Waals surface area contributed by atoms with Crippen molar-refractivity contribution < 1.29 is 0 Å². The Morgan fingerprint density at radius 2 is 1.09 bits per heavy atom. The molecule has 2 nitrogen and oxygen atoms in total. The van der Waals surface area contributed by atoms with Crippen molar-refractivity contribution in [2.24, 2.45) is 0 Å². The zero-order valence-corrected chi connectivity index (χ0v) is 12.5. The minimum atomic E-state index is 1.01. The third kappa shape index (κ3) is 1.30. The highest BCUT2D eigenvalue weighted by atomic mass is 15.0. The second kappa shape index (κ2) is 3.85. The highest BCUT2D eigenvalue weighted by Crippen LogP contribution is 2.29. The van der Waals surface area contributed by atoms with Crippen molar-refractivity contribution in [3.8, 4) is 0 Å². The fourth-order valence-corrected chi connectivity index (χ4v) is 4.12. The maximum Gasteiger partial charge on any atom is 0.0784 e. The summed E-state index contributed by atoms with van der Waals surface area (Å²) in [7, 11) is 0. The van der Waals surface area contributed by atoms with E-state index in [2.05, 4.69) is 81.9 Å². The van der Waals surface area contributed by atoms with Gasteiger partial charge in [0.2, 0.25) is 0 Å². The van der Waals surface area contributed by atoms with Crippen LogP contribution < -0.4 is 10.7 Å². The molecule has 0 bridgehead atoms. The van der Waals surface area contributed by atoms with Crippen LogP contribution in [0.25, 0.3) is 44.7 Å². The Morgan fingerprint density at radius 1 is 0.609 bits per heavy atom. The van der Waals surface area contributed by atoms with Gasteiger partial charge in [-0.3, -0.25) is 0 Å². The number of fused-ring (bicyclic) bond motifs is 10. The molecule has 0 saturated heterocycles. The van der Waals surface area contributed by atoms with Gasteiger partial charge in [-0.1, -0.05) is 60.7 Å². The van der Waals surface area contributed by atoms with E-state index < -0.39 is 0 Å². The Kier molecular flexibility index (Phi) is 1.93. The van der Waals surface area contributed by atoms with Crippen LogP contribution in [-0.4, -0.2) is 8.80 Å². The normalized spacial score (nSPS) is 13.7. The van der Waals surface area contributed by atoms with Gasteiger partial charge in [0.15, 0.2) is 0 Å². The van der Waals surface area contributed by atoms with Gasteiger partial charge in [0.05, 0.1) is 21.7 Å². The fourth-order valence-electron chi connectivity index (χ4n) is 4.12. The number of hydrogen-bond donors (Lipinski definition) is 0. The Balaban J connectivity index is 2.12. The van der Waals surface area contributed by atoms with Crippen molar-refractivity contribution in [2.45, 2.75) is 6.42 Å². The van der Waals surface area contributed by atoms with Crippen LogP contribution in [0.1, 0.15) is 6.42 Å². The summed E-state index contributed by atoms with van der Waals surface area (Å²) in [5, 5.41) is 7.86. The number of aromatic nitrogens is 2. The van der Waals surface area contributed by atoms with Crippen molar-refractivity contribution >= 4 is 44.7 Å². The van der Waals surface area contributed by atoms with Crippen LogP contribution >= 0.6 is 0 Å². The van der Waals surface area contributed by atoms with E-state index in [1.807, 2.05) is 0 Å². The van der Waals surface area contributed by atoms with E-state index in [4.69, 9.17) is 0 Å². The summed E-state index contributed by atoms with van der Waals surface area (Å²) in [4.78, 5) is 0. The van der Waals surface area contributed by atoms with Gasteiger partial charge in [0.1, 0.15) is 0 Å². The van der Waals surface area contributed by atoms with Gasteiger partial charge in [0, 0.05) is 33.9 Å². The first-order valence-corrected chi connectivity index (χ1v) is 8.04. The summed E-state index contributed by atoms with van der Waals surface area (Å²) in [5.41, 5.74) is 2.62. The predicted molar refractivity (Wildman–Crippen MR) is 96.2 cm³/mol. The lowest BCUT2D eigenvalue weighted by Gasteiger charge is -2.04. The molecule has 2 heteroatoms. The van der Waals surface area contributed by atoms with Crippen LogP contribution in [0.2, 0.25) is 0 Å². The van der Waals surface area contributed by atoms with Crippen LogP contribution in [0.3, 0.4) is 0 Å². The highest BCUT2D eigenvalue weighted by molar-refractivity contribution is 6.13. The number of rotatable bonds is 0. The summed E-state index contributed by atoms with van der Waals surface area (Å²) in [6.07, 6.45) is 10.2. The molecule has 0 aliphatic heterocycles. The molecule has 0 spiro atoms. The SMILES string of the molecule is C1=c2c(n3cc4ccccc4c3c3c4ccccc4cn23)=CC1. The van der Waals surface area contributed by atoms with Gasteiger partial charge >= 0.3 is 0 Å². The van der Waals surface area contributed by atoms with Crippen molar-refractivity contribution in [1.82, 2.24) is 8.80 Å². The lowest BCUT2D eigenvalue weighted by Crippen LogP contribution is -2.34. The standard InChI is InChI=1S/C21H14N2/c1-3-8-16-14(6-1)12-22-18-10-5-11-19(18)23-13-15-7-2-4-9-17(15)21(23)20(16)22/h1-4,6-13H,5H2. The van der Waals surface area contributed by atoms with Crippen molar-refractivity contribution in [1.29, 1.82) is 0 Å². The Hall–Kier alpha value is -3.00. The van der Waals surface area contributed by atoms with Crippen LogP contribution in [0, 0.1) is 0 Å². The van der Waals surface area contributed by atoms with Gasteiger partial charge in [-0.2, -0.15) is 0 Å². The van der Waals surface area contributed by atoms with Gasteiger partial charge in [-0.15, -0.1) is 0 Å². The second-order valence-corrected chi connectivity index (χ2v) is 6.28. The van der Waals surface area contributed by atoms with Gasteiger partial charge < -0.3 is 8.80 Å². The van der Waals surface area contributed by atoms with Gasteiger partial charge in [-0.05, 0) is 6.42 Å². The van der Waals surface area contributed by atoms with Crippen molar-refractivity contribution in [2.75, 3.05) is 0 Å². The molecule has 0 atom stereocenters. The zero-order valence-electron chi connectivity index (χ0n) is 12.5. The molecule has 0 amide bonds. The molecule has 108 valence electrons. The van der Waals surface area contributed by atoms with Crippen molar-refractivity contribution in [3.63, 3.8) is 0 Å². The summed E-state index contributed by atoms with van der Waals surface area (Å²) in [5.74, 6) is 0. The molecule has 0 saturated carbocycles. The lowest BCUT2D eigenvalue weighted by molar-refractivity contribution is 1.02. The number of hydrogen-bond acceptors (Lipinski definition) is 0. The summed E-state index contributed by atoms with van der Waals surface area (Å²) in [6, 6.07) is 17.4. The Labute approximate surface area is 132 Å². The van der Waals surface area contributed by atoms with Crippen LogP contribution in [0.4, 0.5) is 0 Å². The van der Waals surface area contributed by atoms with E-state index in [0.29, 0.717) is 0 Å². The Morgan fingerprint density at radius 3 is 1.61 bits per heavy atom. The molecular formula is C21H14N2. The molecule has 1 aliphatic carbocycles. The molecule has 1 aliphatic rings. The maximum absolute atomic E-state index is 2.38. The molecule has 0 unspecified atom stereocenters. The van der Waals surface area contributed by atoms with E-state index in [1.54, 1.807) is 0 Å². The smallest absolute Gasteiger partial charge is 0.0784 e. The quantitative estimate of drug-likeness (QED) is 0.413. The largest absolute Gasteiger partial charge is 0.312 e. The third-order valence-corrected chi connectivity index (χ3v) is 5.08. The van der Waals surface area contributed by atoms with E-state index in [9.17, 15) is 0 Å². The molecule has 6 rings (SSSR count). The molecule has 2 aromatic carbocycles. The van der Waals surface area contributed by atoms with Gasteiger partial charge in [-0.25, -0.2) is 0 Å². The van der Waals surface area contributed by atoms with Crippen molar-refractivity contribution in [3.05, 3.63) is 71.6 Å². The average Bonchev–Trinajstić information content (AvgIpc) is 3.28. The molecule has 0 fully saturated rings. The maximum atomic E-state index is 2.38. The fraction of sp³-hybridized carbons (Fsp3) is 0.0476. The van der Waals surface area contributed by atoms with Crippen LogP contribution in [-0.2, 0) is 0 Å². The first-order chi connectivity index (χ1) is 11.4. The lowest BCUT2D eigenvalue weighted by atomic mass is 10.1. The number of benzene rings is 2.